The highest BCUT2D eigenvalue weighted by Crippen LogP contribution is 2.29. The van der Waals surface area contributed by atoms with Crippen molar-refractivity contribution in [2.24, 2.45) is 5.92 Å². The van der Waals surface area contributed by atoms with Crippen LogP contribution in [0.3, 0.4) is 0 Å². The second-order valence-electron chi connectivity index (χ2n) is 6.98. The van der Waals surface area contributed by atoms with E-state index < -0.39 is 4.92 Å². The van der Waals surface area contributed by atoms with Crippen LogP contribution in [0.5, 0.6) is 0 Å². The van der Waals surface area contributed by atoms with E-state index in [1.807, 2.05) is 4.90 Å². The maximum Gasteiger partial charge on any atom is 0.269 e. The molecule has 2 aliphatic rings. The smallest absolute Gasteiger partial charge is 0.269 e. The van der Waals surface area contributed by atoms with E-state index in [0.717, 1.165) is 25.7 Å². The van der Waals surface area contributed by atoms with Crippen LogP contribution in [0.25, 0.3) is 0 Å². The third-order valence-corrected chi connectivity index (χ3v) is 5.22. The van der Waals surface area contributed by atoms with Crippen molar-refractivity contribution in [1.29, 1.82) is 0 Å². The molecule has 1 aliphatic heterocycles. The van der Waals surface area contributed by atoms with E-state index in [1.54, 1.807) is 13.0 Å². The molecule has 2 fully saturated rings. The number of hydrogen-bond donors (Lipinski definition) is 1. The van der Waals surface area contributed by atoms with E-state index in [2.05, 4.69) is 5.32 Å². The van der Waals surface area contributed by atoms with Gasteiger partial charge in [-0.3, -0.25) is 19.7 Å². The zero-order valence-corrected chi connectivity index (χ0v) is 14.4. The number of nitrogens with zero attached hydrogens (tertiary/aromatic N) is 2. The van der Waals surface area contributed by atoms with E-state index in [-0.39, 0.29) is 35.9 Å². The summed E-state index contributed by atoms with van der Waals surface area (Å²) in [5.74, 6) is -0.486. The molecular formula is C18H23N3O4. The fourth-order valence-corrected chi connectivity index (χ4v) is 3.79. The zero-order valence-electron chi connectivity index (χ0n) is 14.4. The van der Waals surface area contributed by atoms with Crippen LogP contribution in [0.4, 0.5) is 11.4 Å². The maximum atomic E-state index is 12.5. The minimum Gasteiger partial charge on any atom is -0.339 e. The number of anilines is 1. The lowest BCUT2D eigenvalue weighted by atomic mass is 9.94. The highest BCUT2D eigenvalue weighted by molar-refractivity contribution is 5.97. The average Bonchev–Trinajstić information content (AvgIpc) is 2.99. The van der Waals surface area contributed by atoms with E-state index in [4.69, 9.17) is 0 Å². The van der Waals surface area contributed by atoms with Crippen LogP contribution in [0.15, 0.2) is 18.2 Å². The minimum atomic E-state index is -0.462. The standard InChI is InChI=1S/C18H23N3O4/c1-12-9-15(21(24)25)7-8-16(12)19-18(23)13-10-17(22)20(11-13)14-5-3-2-4-6-14/h7-9,13-14H,2-6,10-11H2,1H3,(H,19,23)/t13-/m1/s1. The molecule has 1 aromatic rings. The molecule has 1 aliphatic carbocycles. The number of likely N-dealkylation sites (tertiary alicyclic amines) is 1. The van der Waals surface area contributed by atoms with Crippen LogP contribution in [0.2, 0.25) is 0 Å². The Labute approximate surface area is 146 Å². The summed E-state index contributed by atoms with van der Waals surface area (Å²) < 4.78 is 0. The first-order chi connectivity index (χ1) is 12.0. The summed E-state index contributed by atoms with van der Waals surface area (Å²) >= 11 is 0. The van der Waals surface area contributed by atoms with Gasteiger partial charge >= 0.3 is 0 Å². The first kappa shape index (κ1) is 17.4. The number of aryl methyl sites for hydroxylation is 1. The van der Waals surface area contributed by atoms with Gasteiger partial charge < -0.3 is 10.2 Å². The number of non-ortho nitro benzene ring substituents is 1. The van der Waals surface area contributed by atoms with E-state index in [9.17, 15) is 19.7 Å². The largest absolute Gasteiger partial charge is 0.339 e. The van der Waals surface area contributed by atoms with Crippen molar-refractivity contribution in [3.8, 4) is 0 Å². The molecule has 0 spiro atoms. The van der Waals surface area contributed by atoms with E-state index >= 15 is 0 Å². The molecule has 2 amide bonds. The van der Waals surface area contributed by atoms with Crippen LogP contribution in [0, 0.1) is 23.0 Å². The lowest BCUT2D eigenvalue weighted by molar-refractivity contribution is -0.384. The van der Waals surface area contributed by atoms with Crippen molar-refractivity contribution in [2.75, 3.05) is 11.9 Å². The van der Waals surface area contributed by atoms with Gasteiger partial charge in [-0.05, 0) is 31.4 Å². The first-order valence-electron chi connectivity index (χ1n) is 8.81. The Bertz CT molecular complexity index is 698. The monoisotopic (exact) mass is 345 g/mol. The molecule has 7 heteroatoms. The summed E-state index contributed by atoms with van der Waals surface area (Å²) in [5.41, 5.74) is 1.19. The van der Waals surface area contributed by atoms with Gasteiger partial charge in [-0.2, -0.15) is 0 Å². The fraction of sp³-hybridized carbons (Fsp3) is 0.556. The quantitative estimate of drug-likeness (QED) is 0.670. The van der Waals surface area contributed by atoms with E-state index in [0.29, 0.717) is 17.8 Å². The Hall–Kier alpha value is -2.44. The Kier molecular flexibility index (Phi) is 5.01. The maximum absolute atomic E-state index is 12.5. The number of nitro benzene ring substituents is 1. The number of amides is 2. The highest BCUT2D eigenvalue weighted by Gasteiger charge is 2.38. The van der Waals surface area contributed by atoms with Gasteiger partial charge in [0, 0.05) is 36.8 Å². The van der Waals surface area contributed by atoms with Crippen molar-refractivity contribution in [3.63, 3.8) is 0 Å². The van der Waals surface area contributed by atoms with Crippen molar-refractivity contribution in [2.45, 2.75) is 51.5 Å². The summed E-state index contributed by atoms with van der Waals surface area (Å²) in [7, 11) is 0. The van der Waals surface area contributed by atoms with Gasteiger partial charge in [0.15, 0.2) is 0 Å². The van der Waals surface area contributed by atoms with Gasteiger partial charge in [0.2, 0.25) is 11.8 Å². The number of hydrogen-bond acceptors (Lipinski definition) is 4. The third kappa shape index (κ3) is 3.81. The molecule has 0 radical (unpaired) electrons. The van der Waals surface area contributed by atoms with Gasteiger partial charge in [0.05, 0.1) is 10.8 Å². The summed E-state index contributed by atoms with van der Waals surface area (Å²) in [6.45, 7) is 2.19. The van der Waals surface area contributed by atoms with Gasteiger partial charge in [0.1, 0.15) is 0 Å². The number of benzene rings is 1. The number of nitro groups is 1. The summed E-state index contributed by atoms with van der Waals surface area (Å²) in [4.78, 5) is 37.0. The second-order valence-corrected chi connectivity index (χ2v) is 6.98. The summed E-state index contributed by atoms with van der Waals surface area (Å²) in [6, 6.07) is 4.63. The number of rotatable bonds is 4. The van der Waals surface area contributed by atoms with Crippen molar-refractivity contribution in [1.82, 2.24) is 4.90 Å². The van der Waals surface area contributed by atoms with Gasteiger partial charge in [0.25, 0.3) is 5.69 Å². The molecule has 1 saturated heterocycles. The lowest BCUT2D eigenvalue weighted by Gasteiger charge is -2.31. The second kappa shape index (κ2) is 7.21. The predicted octanol–water partition coefficient (Wildman–Crippen LogP) is 3.02. The third-order valence-electron chi connectivity index (χ3n) is 5.22. The summed E-state index contributed by atoms with van der Waals surface area (Å²) in [6.07, 6.45) is 5.82. The minimum absolute atomic E-state index is 0.00461. The molecule has 0 aromatic heterocycles. The molecule has 1 heterocycles. The number of carbonyl (C=O) groups excluding carboxylic acids is 2. The Morgan fingerprint density at radius 2 is 2.00 bits per heavy atom. The van der Waals surface area contributed by atoms with Gasteiger partial charge in [-0.1, -0.05) is 19.3 Å². The molecule has 25 heavy (non-hydrogen) atoms. The SMILES string of the molecule is Cc1cc([N+](=O)[O-])ccc1NC(=O)[C@@H]1CC(=O)N(C2CCCCC2)C1. The van der Waals surface area contributed by atoms with E-state index in [1.165, 1.54) is 18.6 Å². The molecule has 134 valence electrons. The van der Waals surface area contributed by atoms with Crippen molar-refractivity contribution < 1.29 is 14.5 Å². The molecular weight excluding hydrogens is 322 g/mol. The summed E-state index contributed by atoms with van der Waals surface area (Å²) in [5, 5.41) is 13.6. The number of nitrogens with one attached hydrogen (secondary N) is 1. The highest BCUT2D eigenvalue weighted by atomic mass is 16.6. The van der Waals surface area contributed by atoms with Crippen LogP contribution < -0.4 is 5.32 Å². The van der Waals surface area contributed by atoms with Crippen LogP contribution in [-0.2, 0) is 9.59 Å². The molecule has 0 unspecified atom stereocenters. The predicted molar refractivity (Wildman–Crippen MR) is 93.2 cm³/mol. The molecule has 7 nitrogen and oxygen atoms in total. The average molecular weight is 345 g/mol. The first-order valence-corrected chi connectivity index (χ1v) is 8.81. The fourth-order valence-electron chi connectivity index (χ4n) is 3.79. The van der Waals surface area contributed by atoms with Crippen LogP contribution >= 0.6 is 0 Å². The Morgan fingerprint density at radius 3 is 2.64 bits per heavy atom. The van der Waals surface area contributed by atoms with Crippen LogP contribution in [0.1, 0.15) is 44.1 Å². The molecule has 1 aromatic carbocycles. The molecule has 1 N–H and O–H groups in total. The molecule has 3 rings (SSSR count). The molecule has 1 saturated carbocycles. The van der Waals surface area contributed by atoms with Crippen molar-refractivity contribution in [3.05, 3.63) is 33.9 Å². The zero-order chi connectivity index (χ0) is 18.0. The molecule has 1 atom stereocenters. The normalized spacial score (nSPS) is 21.4. The Morgan fingerprint density at radius 1 is 1.28 bits per heavy atom. The van der Waals surface area contributed by atoms with Gasteiger partial charge in [-0.15, -0.1) is 0 Å². The van der Waals surface area contributed by atoms with Gasteiger partial charge in [-0.25, -0.2) is 0 Å². The topological polar surface area (TPSA) is 92.5 Å². The number of carbonyl (C=O) groups is 2. The lowest BCUT2D eigenvalue weighted by Crippen LogP contribution is -2.38. The van der Waals surface area contributed by atoms with Crippen molar-refractivity contribution >= 4 is 23.2 Å². The van der Waals surface area contributed by atoms with Crippen LogP contribution in [-0.4, -0.2) is 34.2 Å². The molecule has 0 bridgehead atoms. The Balaban J connectivity index is 1.64.